The third-order valence-electron chi connectivity index (χ3n) is 2.94. The van der Waals surface area contributed by atoms with Crippen LogP contribution in [0.25, 0.3) is 0 Å². The number of nitrogen functional groups attached to an aromatic ring is 1. The van der Waals surface area contributed by atoms with E-state index in [1.54, 1.807) is 11.3 Å². The van der Waals surface area contributed by atoms with E-state index in [4.69, 9.17) is 10.5 Å². The lowest BCUT2D eigenvalue weighted by atomic mass is 10.4. The first-order valence-electron chi connectivity index (χ1n) is 6.42. The molecule has 0 spiro atoms. The van der Waals surface area contributed by atoms with Gasteiger partial charge in [0, 0.05) is 18.0 Å². The maximum Gasteiger partial charge on any atom is 0.232 e. The van der Waals surface area contributed by atoms with Crippen molar-refractivity contribution in [3.63, 3.8) is 0 Å². The van der Waals surface area contributed by atoms with E-state index in [9.17, 15) is 0 Å². The summed E-state index contributed by atoms with van der Waals surface area (Å²) < 4.78 is 5.32. The Hall–Kier alpha value is -1.93. The zero-order valence-corrected chi connectivity index (χ0v) is 11.8. The van der Waals surface area contributed by atoms with E-state index < -0.39 is 0 Å². The molecule has 0 aliphatic carbocycles. The third kappa shape index (κ3) is 3.14. The van der Waals surface area contributed by atoms with Gasteiger partial charge in [0.25, 0.3) is 0 Å². The second-order valence-corrected chi connectivity index (χ2v) is 5.38. The number of nitrogens with zero attached hydrogens (tertiary/aromatic N) is 4. The summed E-state index contributed by atoms with van der Waals surface area (Å²) in [5.41, 5.74) is 5.76. The van der Waals surface area contributed by atoms with Crippen LogP contribution in [0.15, 0.2) is 17.5 Å². The molecule has 0 bridgehead atoms. The van der Waals surface area contributed by atoms with Crippen molar-refractivity contribution in [3.8, 4) is 0 Å². The first kappa shape index (κ1) is 13.1. The van der Waals surface area contributed by atoms with Gasteiger partial charge >= 0.3 is 0 Å². The second kappa shape index (κ2) is 6.02. The maximum absolute atomic E-state index is 5.76. The molecule has 1 aliphatic heterocycles. The highest BCUT2D eigenvalue weighted by Crippen LogP contribution is 2.15. The summed E-state index contributed by atoms with van der Waals surface area (Å²) in [5.74, 6) is 1.34. The van der Waals surface area contributed by atoms with Crippen molar-refractivity contribution in [3.05, 3.63) is 22.4 Å². The Morgan fingerprint density at radius 1 is 1.30 bits per heavy atom. The topological polar surface area (TPSA) is 89.2 Å². The van der Waals surface area contributed by atoms with Gasteiger partial charge in [-0.3, -0.25) is 0 Å². The summed E-state index contributed by atoms with van der Waals surface area (Å²) in [6.45, 7) is 3.60. The van der Waals surface area contributed by atoms with Gasteiger partial charge in [0.2, 0.25) is 17.8 Å². The van der Waals surface area contributed by atoms with E-state index in [1.807, 2.05) is 11.4 Å². The van der Waals surface area contributed by atoms with Crippen LogP contribution in [0.5, 0.6) is 0 Å². The Morgan fingerprint density at radius 3 is 2.90 bits per heavy atom. The number of morpholine rings is 1. The van der Waals surface area contributed by atoms with Gasteiger partial charge in [-0.2, -0.15) is 15.0 Å². The number of thiophene rings is 1. The molecule has 0 unspecified atom stereocenters. The van der Waals surface area contributed by atoms with E-state index in [0.717, 1.165) is 13.1 Å². The minimum atomic E-state index is 0.232. The number of hydrogen-bond acceptors (Lipinski definition) is 8. The van der Waals surface area contributed by atoms with Crippen molar-refractivity contribution in [1.82, 2.24) is 15.0 Å². The largest absolute Gasteiger partial charge is 0.378 e. The fourth-order valence-corrected chi connectivity index (χ4v) is 2.59. The maximum atomic E-state index is 5.76. The van der Waals surface area contributed by atoms with Crippen LogP contribution in [0.1, 0.15) is 4.88 Å². The van der Waals surface area contributed by atoms with Crippen LogP contribution in [0, 0.1) is 0 Å². The van der Waals surface area contributed by atoms with Crippen molar-refractivity contribution in [2.24, 2.45) is 0 Å². The smallest absolute Gasteiger partial charge is 0.232 e. The minimum Gasteiger partial charge on any atom is -0.378 e. The lowest BCUT2D eigenvalue weighted by Crippen LogP contribution is -2.37. The van der Waals surface area contributed by atoms with Crippen molar-refractivity contribution in [2.45, 2.75) is 6.54 Å². The van der Waals surface area contributed by atoms with E-state index in [-0.39, 0.29) is 5.95 Å². The van der Waals surface area contributed by atoms with E-state index in [1.165, 1.54) is 4.88 Å². The van der Waals surface area contributed by atoms with Crippen LogP contribution in [-0.4, -0.2) is 41.3 Å². The zero-order valence-electron chi connectivity index (χ0n) is 11.0. The molecule has 2 aromatic heterocycles. The molecular weight excluding hydrogens is 276 g/mol. The molecule has 0 aromatic carbocycles. The average Bonchev–Trinajstić information content (AvgIpc) is 2.99. The van der Waals surface area contributed by atoms with Gasteiger partial charge in [-0.25, -0.2) is 0 Å². The van der Waals surface area contributed by atoms with Crippen molar-refractivity contribution in [1.29, 1.82) is 0 Å². The molecule has 0 amide bonds. The molecule has 20 heavy (non-hydrogen) atoms. The first-order valence-corrected chi connectivity index (χ1v) is 7.30. The Kier molecular flexibility index (Phi) is 3.93. The van der Waals surface area contributed by atoms with Gasteiger partial charge < -0.3 is 20.7 Å². The summed E-state index contributed by atoms with van der Waals surface area (Å²) >= 11 is 1.69. The number of nitrogens with one attached hydrogen (secondary N) is 1. The van der Waals surface area contributed by atoms with Gasteiger partial charge in [-0.1, -0.05) is 6.07 Å². The molecule has 8 heteroatoms. The van der Waals surface area contributed by atoms with Crippen molar-refractivity contribution < 1.29 is 4.74 Å². The molecule has 3 N–H and O–H groups in total. The Balaban J connectivity index is 1.72. The average molecular weight is 292 g/mol. The molecule has 106 valence electrons. The molecule has 7 nitrogen and oxygen atoms in total. The summed E-state index contributed by atoms with van der Waals surface area (Å²) in [6.07, 6.45) is 0. The van der Waals surface area contributed by atoms with E-state index in [0.29, 0.717) is 31.7 Å². The fourth-order valence-electron chi connectivity index (χ4n) is 1.94. The number of ether oxygens (including phenoxy) is 1. The summed E-state index contributed by atoms with van der Waals surface area (Å²) in [6, 6.07) is 4.08. The van der Waals surface area contributed by atoms with Gasteiger partial charge in [0.1, 0.15) is 0 Å². The molecule has 0 atom stereocenters. The predicted octanol–water partition coefficient (Wildman–Crippen LogP) is 0.964. The lowest BCUT2D eigenvalue weighted by Gasteiger charge is -2.26. The summed E-state index contributed by atoms with van der Waals surface area (Å²) in [7, 11) is 0. The van der Waals surface area contributed by atoms with Crippen LogP contribution in [-0.2, 0) is 11.3 Å². The van der Waals surface area contributed by atoms with Crippen molar-refractivity contribution >= 4 is 29.2 Å². The number of hydrogen-bond donors (Lipinski definition) is 2. The Bertz CT molecular complexity index is 555. The monoisotopic (exact) mass is 292 g/mol. The van der Waals surface area contributed by atoms with Crippen LogP contribution in [0.2, 0.25) is 0 Å². The molecule has 3 heterocycles. The van der Waals surface area contributed by atoms with E-state index in [2.05, 4.69) is 31.2 Å². The van der Waals surface area contributed by atoms with Gasteiger partial charge in [-0.15, -0.1) is 11.3 Å². The van der Waals surface area contributed by atoms with Gasteiger partial charge in [-0.05, 0) is 11.4 Å². The van der Waals surface area contributed by atoms with E-state index >= 15 is 0 Å². The lowest BCUT2D eigenvalue weighted by molar-refractivity contribution is 0.122. The molecule has 1 fully saturated rings. The van der Waals surface area contributed by atoms with Crippen LogP contribution < -0.4 is 16.0 Å². The highest BCUT2D eigenvalue weighted by atomic mass is 32.1. The minimum absolute atomic E-state index is 0.232. The quantitative estimate of drug-likeness (QED) is 0.867. The van der Waals surface area contributed by atoms with Crippen LogP contribution in [0.3, 0.4) is 0 Å². The SMILES string of the molecule is Nc1nc(NCc2cccs2)nc(N2CCOCC2)n1. The Morgan fingerprint density at radius 2 is 2.15 bits per heavy atom. The predicted molar refractivity (Wildman–Crippen MR) is 78.9 cm³/mol. The fraction of sp³-hybridized carbons (Fsp3) is 0.417. The molecule has 1 saturated heterocycles. The van der Waals surface area contributed by atoms with Crippen molar-refractivity contribution in [2.75, 3.05) is 42.3 Å². The number of anilines is 3. The first-order chi connectivity index (χ1) is 9.81. The summed E-state index contributed by atoms with van der Waals surface area (Å²) in [5, 5.41) is 5.22. The molecule has 0 saturated carbocycles. The summed E-state index contributed by atoms with van der Waals surface area (Å²) in [4.78, 5) is 16.0. The second-order valence-electron chi connectivity index (χ2n) is 4.35. The molecule has 2 aromatic rings. The highest BCUT2D eigenvalue weighted by Gasteiger charge is 2.15. The highest BCUT2D eigenvalue weighted by molar-refractivity contribution is 7.09. The van der Waals surface area contributed by atoms with Gasteiger partial charge in [0.15, 0.2) is 0 Å². The molecule has 3 rings (SSSR count). The van der Waals surface area contributed by atoms with Gasteiger partial charge in [0.05, 0.1) is 19.8 Å². The molecule has 1 aliphatic rings. The third-order valence-corrected chi connectivity index (χ3v) is 3.81. The number of nitrogens with two attached hydrogens (primary N) is 1. The van der Waals surface area contributed by atoms with Crippen LogP contribution in [0.4, 0.5) is 17.8 Å². The Labute approximate surface area is 120 Å². The molecule has 0 radical (unpaired) electrons. The zero-order chi connectivity index (χ0) is 13.8. The standard InChI is InChI=1S/C12H16N6OS/c13-10-15-11(14-8-9-2-1-7-20-9)17-12(16-10)18-3-5-19-6-4-18/h1-2,7H,3-6,8H2,(H3,13,14,15,16,17). The number of rotatable bonds is 4. The number of aromatic nitrogens is 3. The molecular formula is C12H16N6OS. The normalized spacial score (nSPS) is 15.3. The van der Waals surface area contributed by atoms with Crippen LogP contribution >= 0.6 is 11.3 Å².